The number of nitrogens with zero attached hydrogens (tertiary/aromatic N) is 2. The number of nitrogens with two attached hydrogens (primary N) is 1. The number of urea groups is 1. The van der Waals surface area contributed by atoms with E-state index in [1.165, 1.54) is 4.90 Å². The van der Waals surface area contributed by atoms with Gasteiger partial charge in [-0.2, -0.15) is 0 Å². The third-order valence-electron chi connectivity index (χ3n) is 10.6. The number of rotatable bonds is 11. The van der Waals surface area contributed by atoms with Gasteiger partial charge in [-0.25, -0.2) is 4.79 Å². The van der Waals surface area contributed by atoms with Crippen LogP contribution in [-0.2, 0) is 30.5 Å². The third-order valence-corrected chi connectivity index (χ3v) is 10.6. The summed E-state index contributed by atoms with van der Waals surface area (Å²) >= 11 is 0. The highest BCUT2D eigenvalue weighted by Gasteiger charge is 2.70. The van der Waals surface area contributed by atoms with Crippen LogP contribution >= 0.6 is 0 Å². The molecule has 1 aromatic rings. The SMILES string of the molecule is CN(Cc1ccccc1)C(=O)[C@@H](NC(=O)N[C@H](C(=O)N1C[C@H]2[C@@H]([C@H]1C(=O)NC(C(=O)C(N)=O)C1CCC1)C2(C)C)C(C)(C)C)C(C)(C)C. The van der Waals surface area contributed by atoms with E-state index in [0.717, 1.165) is 12.0 Å². The highest BCUT2D eigenvalue weighted by atomic mass is 16.2. The first-order valence-electron chi connectivity index (χ1n) is 17.0. The zero-order valence-corrected chi connectivity index (χ0v) is 29.9. The van der Waals surface area contributed by atoms with Crippen LogP contribution in [0.4, 0.5) is 4.79 Å². The fourth-order valence-electron chi connectivity index (χ4n) is 7.30. The predicted octanol–water partition coefficient (Wildman–Crippen LogP) is 2.60. The number of hydrogen-bond acceptors (Lipinski definition) is 6. The van der Waals surface area contributed by atoms with Gasteiger partial charge < -0.3 is 31.5 Å². The van der Waals surface area contributed by atoms with Gasteiger partial charge in [-0.05, 0) is 52.4 Å². The number of ketones is 1. The van der Waals surface area contributed by atoms with E-state index in [1.807, 2.05) is 85.7 Å². The van der Waals surface area contributed by atoms with Crippen LogP contribution in [0.2, 0.25) is 0 Å². The molecular weight excluding hydrogens is 612 g/mol. The summed E-state index contributed by atoms with van der Waals surface area (Å²) < 4.78 is 0. The number of fused-ring (bicyclic) bond motifs is 1. The van der Waals surface area contributed by atoms with Gasteiger partial charge in [0.2, 0.25) is 23.5 Å². The van der Waals surface area contributed by atoms with Crippen molar-refractivity contribution >= 4 is 35.4 Å². The van der Waals surface area contributed by atoms with E-state index >= 15 is 0 Å². The number of likely N-dealkylation sites (tertiary alicyclic amines) is 1. The number of benzene rings is 1. The second-order valence-electron chi connectivity index (χ2n) is 16.7. The van der Waals surface area contributed by atoms with E-state index < -0.39 is 64.5 Å². The molecule has 1 saturated heterocycles. The van der Waals surface area contributed by atoms with E-state index in [1.54, 1.807) is 11.9 Å². The summed E-state index contributed by atoms with van der Waals surface area (Å²) in [6, 6.07) is 5.03. The number of carbonyl (C=O) groups is 6. The predicted molar refractivity (Wildman–Crippen MR) is 181 cm³/mol. The van der Waals surface area contributed by atoms with Crippen molar-refractivity contribution in [2.75, 3.05) is 13.6 Å². The van der Waals surface area contributed by atoms with Crippen LogP contribution in [0.15, 0.2) is 30.3 Å². The van der Waals surface area contributed by atoms with Crippen molar-refractivity contribution < 1.29 is 28.8 Å². The topological polar surface area (TPSA) is 171 Å². The van der Waals surface area contributed by atoms with Crippen molar-refractivity contribution in [1.29, 1.82) is 0 Å². The Morgan fingerprint density at radius 3 is 1.98 bits per heavy atom. The number of likely N-dealkylation sites (N-methyl/N-ethyl adjacent to an activating group) is 1. The minimum atomic E-state index is -1.10. The molecule has 1 aromatic carbocycles. The zero-order chi connectivity index (χ0) is 35.9. The summed E-state index contributed by atoms with van der Waals surface area (Å²) in [5, 5.41) is 8.48. The maximum atomic E-state index is 14.4. The Balaban J connectivity index is 1.52. The molecule has 3 aliphatic rings. The average Bonchev–Trinajstić information content (AvgIpc) is 3.27. The summed E-state index contributed by atoms with van der Waals surface area (Å²) in [6.45, 7) is 15.8. The molecule has 0 aromatic heterocycles. The molecule has 2 aliphatic carbocycles. The zero-order valence-electron chi connectivity index (χ0n) is 29.9. The highest BCUT2D eigenvalue weighted by molar-refractivity contribution is 6.38. The van der Waals surface area contributed by atoms with Crippen molar-refractivity contribution in [3.63, 3.8) is 0 Å². The van der Waals surface area contributed by atoms with Crippen molar-refractivity contribution in [1.82, 2.24) is 25.8 Å². The Labute approximate surface area is 284 Å². The molecule has 4 rings (SSSR count). The van der Waals surface area contributed by atoms with Crippen LogP contribution in [0.5, 0.6) is 0 Å². The summed E-state index contributed by atoms with van der Waals surface area (Å²) in [6.07, 6.45) is 2.28. The smallest absolute Gasteiger partial charge is 0.316 e. The van der Waals surface area contributed by atoms with Crippen LogP contribution in [0.3, 0.4) is 0 Å². The van der Waals surface area contributed by atoms with Crippen LogP contribution in [-0.4, -0.2) is 83.0 Å². The van der Waals surface area contributed by atoms with Crippen molar-refractivity contribution in [2.24, 2.45) is 39.7 Å². The summed E-state index contributed by atoms with van der Waals surface area (Å²) in [7, 11) is 1.69. The fourth-order valence-corrected chi connectivity index (χ4v) is 7.30. The molecule has 48 heavy (non-hydrogen) atoms. The second-order valence-corrected chi connectivity index (χ2v) is 16.7. The lowest BCUT2D eigenvalue weighted by molar-refractivity contribution is -0.145. The second kappa shape index (κ2) is 13.5. The molecule has 5 N–H and O–H groups in total. The largest absolute Gasteiger partial charge is 0.363 e. The lowest BCUT2D eigenvalue weighted by Crippen LogP contribution is -2.63. The quantitative estimate of drug-likeness (QED) is 0.265. The number of Topliss-reactive ketones (excluding diaryl/α,β-unsaturated/α-hetero) is 1. The molecule has 12 nitrogen and oxygen atoms in total. The Bertz CT molecular complexity index is 1430. The van der Waals surface area contributed by atoms with Crippen molar-refractivity contribution in [3.05, 3.63) is 35.9 Å². The Morgan fingerprint density at radius 2 is 1.48 bits per heavy atom. The molecule has 0 spiro atoms. The highest BCUT2D eigenvalue weighted by Crippen LogP contribution is 2.65. The number of primary amides is 1. The number of hydrogen-bond donors (Lipinski definition) is 4. The minimum absolute atomic E-state index is 0.0590. The third kappa shape index (κ3) is 7.68. The first-order chi connectivity index (χ1) is 22.2. The molecule has 1 unspecified atom stereocenters. The van der Waals surface area contributed by atoms with Crippen molar-refractivity contribution in [3.8, 4) is 0 Å². The van der Waals surface area contributed by atoms with Crippen LogP contribution < -0.4 is 21.7 Å². The Morgan fingerprint density at radius 1 is 0.917 bits per heavy atom. The van der Waals surface area contributed by atoms with Gasteiger partial charge in [0.1, 0.15) is 24.2 Å². The van der Waals surface area contributed by atoms with E-state index in [2.05, 4.69) is 16.0 Å². The number of nitrogens with one attached hydrogen (secondary N) is 3. The maximum Gasteiger partial charge on any atom is 0.316 e. The summed E-state index contributed by atoms with van der Waals surface area (Å²) in [4.78, 5) is 83.2. The van der Waals surface area contributed by atoms with Gasteiger partial charge in [-0.15, -0.1) is 0 Å². The van der Waals surface area contributed by atoms with Crippen LogP contribution in [0, 0.1) is 34.0 Å². The summed E-state index contributed by atoms with van der Waals surface area (Å²) in [5.41, 5.74) is 4.66. The van der Waals surface area contributed by atoms with Gasteiger partial charge in [0.25, 0.3) is 5.91 Å². The molecule has 1 heterocycles. The Kier molecular flexibility index (Phi) is 10.4. The first-order valence-corrected chi connectivity index (χ1v) is 17.0. The van der Waals surface area contributed by atoms with E-state index in [0.29, 0.717) is 25.9 Å². The molecule has 1 aliphatic heterocycles. The fraction of sp³-hybridized carbons (Fsp3) is 0.667. The number of carbonyl (C=O) groups excluding carboxylic acids is 6. The molecule has 0 radical (unpaired) electrons. The lowest BCUT2D eigenvalue weighted by atomic mass is 9.78. The van der Waals surface area contributed by atoms with E-state index in [-0.39, 0.29) is 29.1 Å². The lowest BCUT2D eigenvalue weighted by Gasteiger charge is -2.39. The van der Waals surface area contributed by atoms with Crippen LogP contribution in [0.1, 0.15) is 80.2 Å². The monoisotopic (exact) mass is 666 g/mol. The molecule has 0 bridgehead atoms. The van der Waals surface area contributed by atoms with Crippen LogP contribution in [0.25, 0.3) is 0 Å². The van der Waals surface area contributed by atoms with E-state index in [4.69, 9.17) is 5.73 Å². The molecular formula is C36H54N6O6. The van der Waals surface area contributed by atoms with Gasteiger partial charge in [0.15, 0.2) is 0 Å². The minimum Gasteiger partial charge on any atom is -0.363 e. The molecule has 12 heteroatoms. The molecule has 6 amide bonds. The first kappa shape index (κ1) is 36.9. The maximum absolute atomic E-state index is 14.4. The average molecular weight is 667 g/mol. The number of piperidine rings is 1. The molecule has 2 saturated carbocycles. The number of amides is 6. The van der Waals surface area contributed by atoms with E-state index in [9.17, 15) is 28.8 Å². The summed E-state index contributed by atoms with van der Waals surface area (Å²) in [5.74, 6) is -3.40. The van der Waals surface area contributed by atoms with Gasteiger partial charge in [-0.1, -0.05) is 92.1 Å². The molecule has 6 atom stereocenters. The molecule has 3 fully saturated rings. The normalized spacial score (nSPS) is 23.4. The standard InChI is InChI=1S/C36H54N6O6/c1-34(2,3)27(31(46)41(9)18-20-14-11-10-12-15-20)39-33(48)40-28(35(4,5)6)32(47)42-19-22-23(36(22,7)8)25(42)30(45)38-24(21-16-13-17-21)26(43)29(37)44/h10-12,14-15,21-25,27-28H,13,16-19H2,1-9H3,(H2,37,44)(H,38,45)(H2,39,40,48)/t22-,23-,24?,25-,27+,28+/m0/s1. The van der Waals surface area contributed by atoms with Gasteiger partial charge in [0, 0.05) is 20.1 Å². The van der Waals surface area contributed by atoms with Gasteiger partial charge in [-0.3, -0.25) is 24.0 Å². The van der Waals surface area contributed by atoms with Crippen molar-refractivity contribution in [2.45, 2.75) is 105 Å². The Hall–Kier alpha value is -3.96. The molecule has 264 valence electrons. The van der Waals surface area contributed by atoms with Gasteiger partial charge >= 0.3 is 6.03 Å². The van der Waals surface area contributed by atoms with Gasteiger partial charge in [0.05, 0.1) is 0 Å².